The summed E-state index contributed by atoms with van der Waals surface area (Å²) in [7, 11) is 0. The third-order valence-electron chi connectivity index (χ3n) is 4.86. The number of hydrogen-bond acceptors (Lipinski definition) is 3. The number of rotatable bonds is 5. The van der Waals surface area contributed by atoms with Crippen LogP contribution in [0.15, 0.2) is 22.8 Å². The number of nitrogens with zero attached hydrogens (tertiary/aromatic N) is 1. The van der Waals surface area contributed by atoms with Crippen molar-refractivity contribution in [2.45, 2.75) is 58.5 Å². The number of likely N-dealkylation sites (tertiary alicyclic amines) is 1. The Balaban J connectivity index is 2.09. The van der Waals surface area contributed by atoms with Gasteiger partial charge >= 0.3 is 0 Å². The van der Waals surface area contributed by atoms with Crippen molar-refractivity contribution in [2.75, 3.05) is 13.1 Å². The van der Waals surface area contributed by atoms with Crippen LogP contribution in [0.4, 0.5) is 0 Å². The summed E-state index contributed by atoms with van der Waals surface area (Å²) in [6.45, 7) is 9.14. The first-order valence-corrected chi connectivity index (χ1v) is 8.16. The normalized spacial score (nSPS) is 24.6. The molecule has 20 heavy (non-hydrogen) atoms. The first kappa shape index (κ1) is 15.6. The zero-order valence-electron chi connectivity index (χ0n) is 13.2. The molecule has 0 spiro atoms. The summed E-state index contributed by atoms with van der Waals surface area (Å²) < 4.78 is 5.67. The van der Waals surface area contributed by atoms with Crippen LogP contribution >= 0.6 is 0 Å². The fourth-order valence-corrected chi connectivity index (χ4v) is 3.43. The van der Waals surface area contributed by atoms with Crippen LogP contribution in [0.5, 0.6) is 0 Å². The quantitative estimate of drug-likeness (QED) is 0.890. The molecule has 0 saturated carbocycles. The Labute approximate surface area is 123 Å². The van der Waals surface area contributed by atoms with Crippen molar-refractivity contribution in [1.82, 2.24) is 4.90 Å². The largest absolute Gasteiger partial charge is 0.468 e. The Morgan fingerprint density at radius 1 is 1.35 bits per heavy atom. The Morgan fingerprint density at radius 2 is 2.15 bits per heavy atom. The van der Waals surface area contributed by atoms with Crippen LogP contribution in [0.25, 0.3) is 0 Å². The van der Waals surface area contributed by atoms with Gasteiger partial charge in [-0.25, -0.2) is 0 Å². The molecular weight excluding hydrogens is 248 g/mol. The molecule has 0 amide bonds. The van der Waals surface area contributed by atoms with Gasteiger partial charge in [-0.1, -0.05) is 20.8 Å². The Kier molecular flexibility index (Phi) is 5.67. The highest BCUT2D eigenvalue weighted by atomic mass is 16.3. The third-order valence-corrected chi connectivity index (χ3v) is 4.86. The second kappa shape index (κ2) is 7.28. The first-order chi connectivity index (χ1) is 9.63. The Bertz CT molecular complexity index is 374. The van der Waals surface area contributed by atoms with Gasteiger partial charge in [0, 0.05) is 6.04 Å². The summed E-state index contributed by atoms with van der Waals surface area (Å²) >= 11 is 0. The molecule has 1 saturated heterocycles. The second-order valence-corrected chi connectivity index (χ2v) is 6.50. The minimum absolute atomic E-state index is 0.150. The van der Waals surface area contributed by atoms with E-state index in [0.717, 1.165) is 37.1 Å². The van der Waals surface area contributed by atoms with E-state index in [2.05, 4.69) is 31.7 Å². The highest BCUT2D eigenvalue weighted by Gasteiger charge is 2.30. The van der Waals surface area contributed by atoms with Crippen molar-refractivity contribution in [1.29, 1.82) is 0 Å². The van der Waals surface area contributed by atoms with E-state index in [4.69, 9.17) is 10.2 Å². The van der Waals surface area contributed by atoms with E-state index in [1.807, 2.05) is 6.07 Å². The molecule has 3 nitrogen and oxygen atoms in total. The second-order valence-electron chi connectivity index (χ2n) is 6.50. The molecule has 1 aliphatic rings. The molecule has 114 valence electrons. The van der Waals surface area contributed by atoms with Gasteiger partial charge in [0.2, 0.25) is 0 Å². The van der Waals surface area contributed by atoms with Gasteiger partial charge in [-0.05, 0) is 62.7 Å². The molecule has 2 heterocycles. The topological polar surface area (TPSA) is 42.4 Å². The number of nitrogens with two attached hydrogens (primary N) is 1. The molecule has 3 unspecified atom stereocenters. The van der Waals surface area contributed by atoms with Crippen molar-refractivity contribution in [3.63, 3.8) is 0 Å². The van der Waals surface area contributed by atoms with E-state index in [0.29, 0.717) is 0 Å². The van der Waals surface area contributed by atoms with Crippen LogP contribution in [0.3, 0.4) is 0 Å². The minimum Gasteiger partial charge on any atom is -0.468 e. The molecule has 1 fully saturated rings. The average Bonchev–Trinajstić information content (AvgIpc) is 2.83. The zero-order valence-corrected chi connectivity index (χ0v) is 13.2. The van der Waals surface area contributed by atoms with Crippen LogP contribution in [0.1, 0.15) is 58.3 Å². The molecule has 3 heteroatoms. The van der Waals surface area contributed by atoms with Crippen LogP contribution in [0.2, 0.25) is 0 Å². The Hall–Kier alpha value is -0.800. The van der Waals surface area contributed by atoms with E-state index >= 15 is 0 Å². The summed E-state index contributed by atoms with van der Waals surface area (Å²) in [5.41, 5.74) is 6.38. The minimum atomic E-state index is 0.150. The first-order valence-electron chi connectivity index (χ1n) is 8.16. The molecule has 3 atom stereocenters. The van der Waals surface area contributed by atoms with E-state index in [1.165, 1.54) is 19.3 Å². The van der Waals surface area contributed by atoms with Crippen LogP contribution in [-0.2, 0) is 0 Å². The fraction of sp³-hybridized carbons (Fsp3) is 0.765. The maximum atomic E-state index is 6.38. The van der Waals surface area contributed by atoms with Crippen molar-refractivity contribution in [2.24, 2.45) is 17.6 Å². The lowest BCUT2D eigenvalue weighted by molar-refractivity contribution is 0.150. The van der Waals surface area contributed by atoms with Gasteiger partial charge in [-0.15, -0.1) is 0 Å². The van der Waals surface area contributed by atoms with Gasteiger partial charge in [0.15, 0.2) is 0 Å². The van der Waals surface area contributed by atoms with Crippen molar-refractivity contribution < 1.29 is 4.42 Å². The molecule has 1 aliphatic heterocycles. The SMILES string of the molecule is CCC(N)C(c1ccco1)N1CCCC(C(C)C)CC1. The highest BCUT2D eigenvalue weighted by Crippen LogP contribution is 2.31. The summed E-state index contributed by atoms with van der Waals surface area (Å²) in [4.78, 5) is 2.55. The lowest BCUT2D eigenvalue weighted by Gasteiger charge is -2.33. The van der Waals surface area contributed by atoms with E-state index in [1.54, 1.807) is 6.26 Å². The predicted octanol–water partition coefficient (Wildman–Crippen LogP) is 3.82. The average molecular weight is 278 g/mol. The number of furan rings is 1. The molecule has 1 aromatic heterocycles. The number of hydrogen-bond donors (Lipinski definition) is 1. The maximum Gasteiger partial charge on any atom is 0.122 e. The van der Waals surface area contributed by atoms with Crippen LogP contribution in [0, 0.1) is 11.8 Å². The van der Waals surface area contributed by atoms with Crippen molar-refractivity contribution in [3.05, 3.63) is 24.2 Å². The van der Waals surface area contributed by atoms with Crippen LogP contribution < -0.4 is 5.73 Å². The monoisotopic (exact) mass is 278 g/mol. The van der Waals surface area contributed by atoms with Gasteiger partial charge < -0.3 is 10.2 Å². The van der Waals surface area contributed by atoms with Crippen LogP contribution in [-0.4, -0.2) is 24.0 Å². The summed E-state index contributed by atoms with van der Waals surface area (Å²) in [5.74, 6) is 2.68. The summed E-state index contributed by atoms with van der Waals surface area (Å²) in [6.07, 6.45) is 6.65. The summed E-state index contributed by atoms with van der Waals surface area (Å²) in [5, 5.41) is 0. The van der Waals surface area contributed by atoms with E-state index in [-0.39, 0.29) is 12.1 Å². The van der Waals surface area contributed by atoms with Crippen molar-refractivity contribution >= 4 is 0 Å². The molecule has 2 rings (SSSR count). The standard InChI is InChI=1S/C17H30N2O/c1-4-15(18)17(16-8-6-12-20-16)19-10-5-7-14(9-11-19)13(2)3/h6,8,12-15,17H,4-5,7,9-11,18H2,1-3H3. The van der Waals surface area contributed by atoms with Gasteiger partial charge in [0.05, 0.1) is 12.3 Å². The van der Waals surface area contributed by atoms with Gasteiger partial charge in [-0.3, -0.25) is 4.90 Å². The molecule has 2 N–H and O–H groups in total. The summed E-state index contributed by atoms with van der Waals surface area (Å²) in [6, 6.07) is 4.43. The van der Waals surface area contributed by atoms with Crippen molar-refractivity contribution in [3.8, 4) is 0 Å². The molecule has 0 aromatic carbocycles. The Morgan fingerprint density at radius 3 is 2.75 bits per heavy atom. The molecule has 1 aromatic rings. The molecular formula is C17H30N2O. The maximum absolute atomic E-state index is 6.38. The fourth-order valence-electron chi connectivity index (χ4n) is 3.43. The lowest BCUT2D eigenvalue weighted by atomic mass is 9.89. The van der Waals surface area contributed by atoms with Gasteiger partial charge in [-0.2, -0.15) is 0 Å². The van der Waals surface area contributed by atoms with Gasteiger partial charge in [0.1, 0.15) is 5.76 Å². The zero-order chi connectivity index (χ0) is 14.5. The molecule has 0 bridgehead atoms. The lowest BCUT2D eigenvalue weighted by Crippen LogP contribution is -2.41. The van der Waals surface area contributed by atoms with E-state index in [9.17, 15) is 0 Å². The van der Waals surface area contributed by atoms with Gasteiger partial charge in [0.25, 0.3) is 0 Å². The molecule has 0 aliphatic carbocycles. The smallest absolute Gasteiger partial charge is 0.122 e. The van der Waals surface area contributed by atoms with E-state index < -0.39 is 0 Å². The molecule has 0 radical (unpaired) electrons. The predicted molar refractivity (Wildman–Crippen MR) is 83.5 cm³/mol. The third kappa shape index (κ3) is 3.64. The highest BCUT2D eigenvalue weighted by molar-refractivity contribution is 5.08.